The van der Waals surface area contributed by atoms with Crippen LogP contribution in [0.15, 0.2) is 18.6 Å². The molecule has 2 amide bonds. The van der Waals surface area contributed by atoms with Crippen molar-refractivity contribution in [1.82, 2.24) is 25.2 Å². The first-order valence-electron chi connectivity index (χ1n) is 9.36. The summed E-state index contributed by atoms with van der Waals surface area (Å²) in [5.41, 5.74) is 1.13. The van der Waals surface area contributed by atoms with E-state index in [1.165, 1.54) is 6.33 Å². The number of aromatic amines is 1. The van der Waals surface area contributed by atoms with E-state index in [4.69, 9.17) is 0 Å². The Kier molecular flexibility index (Phi) is 5.54. The molecule has 3 heterocycles. The van der Waals surface area contributed by atoms with Gasteiger partial charge in [0.15, 0.2) is 0 Å². The smallest absolute Gasteiger partial charge is 0.273 e. The normalized spacial score (nSPS) is 21.1. The molecule has 0 saturated carbocycles. The van der Waals surface area contributed by atoms with E-state index in [2.05, 4.69) is 27.2 Å². The van der Waals surface area contributed by atoms with E-state index in [9.17, 15) is 9.59 Å². The van der Waals surface area contributed by atoms with Crippen LogP contribution in [0, 0.1) is 17.8 Å². The second-order valence-electron chi connectivity index (χ2n) is 7.30. The van der Waals surface area contributed by atoms with Crippen LogP contribution < -0.4 is 5.32 Å². The lowest BCUT2D eigenvalue weighted by atomic mass is 9.95. The van der Waals surface area contributed by atoms with Crippen molar-refractivity contribution in [2.24, 2.45) is 17.8 Å². The second kappa shape index (κ2) is 7.85. The van der Waals surface area contributed by atoms with E-state index in [1.807, 2.05) is 24.8 Å². The Bertz CT molecular complexity index is 787. The predicted octanol–water partition coefficient (Wildman–Crippen LogP) is 2.22. The first-order chi connectivity index (χ1) is 12.5. The average molecular weight is 357 g/mol. The van der Waals surface area contributed by atoms with Crippen molar-refractivity contribution in [2.75, 3.05) is 19.6 Å². The number of aromatic nitrogens is 3. The zero-order valence-corrected chi connectivity index (χ0v) is 15.7. The maximum atomic E-state index is 12.9. The minimum absolute atomic E-state index is 0.0463. The number of hydrogen-bond donors (Lipinski definition) is 2. The van der Waals surface area contributed by atoms with Crippen LogP contribution in [0.4, 0.5) is 0 Å². The quantitative estimate of drug-likeness (QED) is 0.829. The van der Waals surface area contributed by atoms with Crippen molar-refractivity contribution in [3.63, 3.8) is 0 Å². The van der Waals surface area contributed by atoms with Gasteiger partial charge in [-0.25, -0.2) is 9.97 Å². The molecular weight excluding hydrogens is 330 g/mol. The monoisotopic (exact) mass is 357 g/mol. The van der Waals surface area contributed by atoms with Gasteiger partial charge in [-0.1, -0.05) is 20.8 Å². The molecule has 1 aliphatic rings. The summed E-state index contributed by atoms with van der Waals surface area (Å²) in [4.78, 5) is 38.0. The third kappa shape index (κ3) is 3.71. The average Bonchev–Trinajstić information content (AvgIpc) is 3.26. The summed E-state index contributed by atoms with van der Waals surface area (Å²) in [6.45, 7) is 8.21. The first kappa shape index (κ1) is 18.4. The molecule has 7 nitrogen and oxygen atoms in total. The summed E-state index contributed by atoms with van der Waals surface area (Å²) in [5, 5.41) is 3.77. The van der Waals surface area contributed by atoms with Gasteiger partial charge >= 0.3 is 0 Å². The van der Waals surface area contributed by atoms with Gasteiger partial charge in [-0.15, -0.1) is 0 Å². The Labute approximate surface area is 153 Å². The molecule has 0 spiro atoms. The Hall–Kier alpha value is -2.44. The topological polar surface area (TPSA) is 91.0 Å². The van der Waals surface area contributed by atoms with Gasteiger partial charge in [0.2, 0.25) is 5.91 Å². The van der Waals surface area contributed by atoms with E-state index in [-0.39, 0.29) is 17.7 Å². The number of carbonyl (C=O) groups is 2. The number of H-pyrrole nitrogens is 1. The standard InChI is InChI=1S/C19H27N5O2/c1-4-12(2)18(25)21-7-5-14-10-24(9-13(14)3)19(26)16-15-6-8-20-17(15)23-11-22-16/h6,8,11-14H,4-5,7,9-10H2,1-3H3,(H,21,25)(H,20,22,23)/t12?,13-,14-/m1/s1. The van der Waals surface area contributed by atoms with E-state index in [1.54, 1.807) is 6.20 Å². The van der Waals surface area contributed by atoms with Crippen molar-refractivity contribution in [1.29, 1.82) is 0 Å². The fourth-order valence-electron chi connectivity index (χ4n) is 3.51. The van der Waals surface area contributed by atoms with Crippen molar-refractivity contribution in [3.8, 4) is 0 Å². The number of fused-ring (bicyclic) bond motifs is 1. The lowest BCUT2D eigenvalue weighted by Gasteiger charge is -2.17. The number of nitrogens with zero attached hydrogens (tertiary/aromatic N) is 3. The van der Waals surface area contributed by atoms with Gasteiger partial charge in [-0.2, -0.15) is 0 Å². The number of carbonyl (C=O) groups excluding carboxylic acids is 2. The number of nitrogens with one attached hydrogen (secondary N) is 2. The first-order valence-corrected chi connectivity index (χ1v) is 9.36. The molecule has 0 radical (unpaired) electrons. The molecule has 0 bridgehead atoms. The number of likely N-dealkylation sites (tertiary alicyclic amines) is 1. The fourth-order valence-corrected chi connectivity index (χ4v) is 3.51. The van der Waals surface area contributed by atoms with Crippen molar-refractivity contribution >= 4 is 22.8 Å². The lowest BCUT2D eigenvalue weighted by molar-refractivity contribution is -0.124. The zero-order chi connectivity index (χ0) is 18.7. The molecule has 140 valence electrons. The fraction of sp³-hybridized carbons (Fsp3) is 0.579. The molecule has 1 fully saturated rings. The number of hydrogen-bond acceptors (Lipinski definition) is 4. The summed E-state index contributed by atoms with van der Waals surface area (Å²) in [7, 11) is 0. The van der Waals surface area contributed by atoms with E-state index in [0.717, 1.165) is 24.8 Å². The summed E-state index contributed by atoms with van der Waals surface area (Å²) in [5.74, 6) is 0.912. The summed E-state index contributed by atoms with van der Waals surface area (Å²) in [6.07, 6.45) is 4.93. The molecule has 1 aliphatic heterocycles. The summed E-state index contributed by atoms with van der Waals surface area (Å²) < 4.78 is 0. The zero-order valence-electron chi connectivity index (χ0n) is 15.7. The highest BCUT2D eigenvalue weighted by molar-refractivity contribution is 6.03. The molecule has 2 aromatic heterocycles. The van der Waals surface area contributed by atoms with Crippen LogP contribution in [0.1, 0.15) is 44.1 Å². The van der Waals surface area contributed by atoms with Crippen LogP contribution in [0.25, 0.3) is 11.0 Å². The molecular formula is C19H27N5O2. The van der Waals surface area contributed by atoms with Gasteiger partial charge in [0.05, 0.1) is 5.39 Å². The maximum absolute atomic E-state index is 12.9. The maximum Gasteiger partial charge on any atom is 0.273 e. The Morgan fingerprint density at radius 3 is 2.96 bits per heavy atom. The van der Waals surface area contributed by atoms with Crippen LogP contribution in [-0.4, -0.2) is 51.3 Å². The highest BCUT2D eigenvalue weighted by atomic mass is 16.2. The van der Waals surface area contributed by atoms with Gasteiger partial charge in [-0.05, 0) is 30.7 Å². The van der Waals surface area contributed by atoms with Crippen LogP contribution in [0.5, 0.6) is 0 Å². The number of amides is 2. The lowest BCUT2D eigenvalue weighted by Crippen LogP contribution is -2.32. The third-order valence-corrected chi connectivity index (χ3v) is 5.49. The minimum Gasteiger partial charge on any atom is -0.356 e. The molecule has 3 atom stereocenters. The number of rotatable bonds is 6. The SMILES string of the molecule is CCC(C)C(=O)NCC[C@@H]1CN(C(=O)c2ncnc3[nH]ccc23)C[C@H]1C. The molecule has 1 unspecified atom stereocenters. The van der Waals surface area contributed by atoms with E-state index in [0.29, 0.717) is 36.3 Å². The largest absolute Gasteiger partial charge is 0.356 e. The summed E-state index contributed by atoms with van der Waals surface area (Å²) >= 11 is 0. The molecule has 3 rings (SSSR count). The summed E-state index contributed by atoms with van der Waals surface area (Å²) in [6, 6.07) is 1.84. The van der Waals surface area contributed by atoms with Crippen molar-refractivity contribution < 1.29 is 9.59 Å². The van der Waals surface area contributed by atoms with Gasteiger partial charge in [0.1, 0.15) is 17.7 Å². The molecule has 7 heteroatoms. The van der Waals surface area contributed by atoms with Gasteiger partial charge in [0.25, 0.3) is 5.91 Å². The molecule has 26 heavy (non-hydrogen) atoms. The highest BCUT2D eigenvalue weighted by Gasteiger charge is 2.33. The van der Waals surface area contributed by atoms with Crippen LogP contribution in [-0.2, 0) is 4.79 Å². The Morgan fingerprint density at radius 2 is 2.19 bits per heavy atom. The molecule has 1 saturated heterocycles. The van der Waals surface area contributed by atoms with Crippen LogP contribution >= 0.6 is 0 Å². The third-order valence-electron chi connectivity index (χ3n) is 5.49. The molecule has 2 N–H and O–H groups in total. The van der Waals surface area contributed by atoms with Gasteiger partial charge in [-0.3, -0.25) is 9.59 Å². The van der Waals surface area contributed by atoms with Crippen molar-refractivity contribution in [2.45, 2.75) is 33.6 Å². The van der Waals surface area contributed by atoms with E-state index >= 15 is 0 Å². The van der Waals surface area contributed by atoms with Crippen LogP contribution in [0.2, 0.25) is 0 Å². The Morgan fingerprint density at radius 1 is 1.38 bits per heavy atom. The molecule has 0 aromatic carbocycles. The Balaban J connectivity index is 1.59. The van der Waals surface area contributed by atoms with Gasteiger partial charge in [0, 0.05) is 31.7 Å². The molecule has 2 aromatic rings. The molecule has 0 aliphatic carbocycles. The highest BCUT2D eigenvalue weighted by Crippen LogP contribution is 2.27. The minimum atomic E-state index is -0.0463. The van der Waals surface area contributed by atoms with Crippen molar-refractivity contribution in [3.05, 3.63) is 24.3 Å². The second-order valence-corrected chi connectivity index (χ2v) is 7.30. The van der Waals surface area contributed by atoms with Gasteiger partial charge < -0.3 is 15.2 Å². The van der Waals surface area contributed by atoms with E-state index < -0.39 is 0 Å². The predicted molar refractivity (Wildman–Crippen MR) is 99.5 cm³/mol. The van der Waals surface area contributed by atoms with Crippen LogP contribution in [0.3, 0.4) is 0 Å².